The molecular weight excluding hydrogens is 328 g/mol. The third-order valence-electron chi connectivity index (χ3n) is 2.20. The van der Waals surface area contributed by atoms with Crippen molar-refractivity contribution >= 4 is 21.7 Å². The van der Waals surface area contributed by atoms with Crippen LogP contribution >= 0.6 is 15.9 Å². The van der Waals surface area contributed by atoms with Crippen LogP contribution in [0.3, 0.4) is 0 Å². The standard InChI is InChI=1S/C10H6BrF2N3O3/c1-15-4-14-9(16(17)18)10(15)19-7-3-5(11)2-6(12)8(7)13/h2-4H,1H3. The Morgan fingerprint density at radius 1 is 1.47 bits per heavy atom. The molecule has 0 saturated carbocycles. The molecule has 0 amide bonds. The lowest BCUT2D eigenvalue weighted by Gasteiger charge is -2.07. The van der Waals surface area contributed by atoms with Crippen molar-refractivity contribution in [3.8, 4) is 11.6 Å². The minimum Gasteiger partial charge on any atom is -0.430 e. The molecule has 6 nitrogen and oxygen atoms in total. The quantitative estimate of drug-likeness (QED) is 0.491. The molecule has 0 aliphatic carbocycles. The summed E-state index contributed by atoms with van der Waals surface area (Å²) in [5.74, 6) is -3.71. The number of halogens is 3. The normalized spacial score (nSPS) is 10.5. The molecule has 2 rings (SSSR count). The number of nitro groups is 1. The van der Waals surface area contributed by atoms with Gasteiger partial charge in [0, 0.05) is 11.5 Å². The first-order valence-corrected chi connectivity index (χ1v) is 5.67. The summed E-state index contributed by atoms with van der Waals surface area (Å²) in [7, 11) is 1.43. The fraction of sp³-hybridized carbons (Fsp3) is 0.100. The third-order valence-corrected chi connectivity index (χ3v) is 2.66. The van der Waals surface area contributed by atoms with E-state index in [2.05, 4.69) is 20.9 Å². The van der Waals surface area contributed by atoms with E-state index < -0.39 is 28.1 Å². The Bertz CT molecular complexity index is 660. The fourth-order valence-electron chi connectivity index (χ4n) is 1.36. The van der Waals surface area contributed by atoms with Gasteiger partial charge in [-0.05, 0) is 22.0 Å². The molecule has 0 saturated heterocycles. The van der Waals surface area contributed by atoms with Crippen LogP contribution in [-0.4, -0.2) is 14.5 Å². The Morgan fingerprint density at radius 3 is 2.79 bits per heavy atom. The third kappa shape index (κ3) is 2.55. The maximum atomic E-state index is 13.5. The molecule has 0 spiro atoms. The summed E-state index contributed by atoms with van der Waals surface area (Å²) < 4.78 is 33.2. The highest BCUT2D eigenvalue weighted by Gasteiger charge is 2.24. The Hall–Kier alpha value is -2.03. The van der Waals surface area contributed by atoms with Crippen molar-refractivity contribution in [3.63, 3.8) is 0 Å². The molecule has 9 heteroatoms. The van der Waals surface area contributed by atoms with Gasteiger partial charge in [-0.1, -0.05) is 15.9 Å². The molecule has 0 aliphatic heterocycles. The number of ether oxygens (including phenoxy) is 1. The summed E-state index contributed by atoms with van der Waals surface area (Å²) in [5, 5.41) is 10.7. The molecule has 100 valence electrons. The van der Waals surface area contributed by atoms with Gasteiger partial charge in [-0.2, -0.15) is 4.39 Å². The minimum absolute atomic E-state index is 0.242. The number of nitrogens with zero attached hydrogens (tertiary/aromatic N) is 3. The highest BCUT2D eigenvalue weighted by molar-refractivity contribution is 9.10. The molecule has 1 aromatic carbocycles. The van der Waals surface area contributed by atoms with Gasteiger partial charge in [0.2, 0.25) is 12.1 Å². The molecule has 2 aromatic rings. The van der Waals surface area contributed by atoms with Crippen molar-refractivity contribution in [1.29, 1.82) is 0 Å². The molecule has 0 atom stereocenters. The lowest BCUT2D eigenvalue weighted by Crippen LogP contribution is -1.99. The van der Waals surface area contributed by atoms with E-state index in [1.54, 1.807) is 0 Å². The Labute approximate surface area is 113 Å². The lowest BCUT2D eigenvalue weighted by atomic mass is 10.3. The van der Waals surface area contributed by atoms with Crippen LogP contribution < -0.4 is 4.74 Å². The molecule has 0 radical (unpaired) electrons. The van der Waals surface area contributed by atoms with Crippen LogP contribution in [0.25, 0.3) is 0 Å². The average Bonchev–Trinajstić information content (AvgIpc) is 2.67. The van der Waals surface area contributed by atoms with Crippen LogP contribution in [0, 0.1) is 21.7 Å². The van der Waals surface area contributed by atoms with Crippen LogP contribution in [0.2, 0.25) is 0 Å². The predicted octanol–water partition coefficient (Wildman–Crippen LogP) is 3.16. The first kappa shape index (κ1) is 13.4. The molecule has 19 heavy (non-hydrogen) atoms. The van der Waals surface area contributed by atoms with Crippen molar-refractivity contribution in [3.05, 3.63) is 44.7 Å². The van der Waals surface area contributed by atoms with Gasteiger partial charge in [-0.3, -0.25) is 4.57 Å². The van der Waals surface area contributed by atoms with Crippen LogP contribution in [-0.2, 0) is 7.05 Å². The molecule has 0 unspecified atom stereocenters. The summed E-state index contributed by atoms with van der Waals surface area (Å²) in [5.41, 5.74) is 0. The summed E-state index contributed by atoms with van der Waals surface area (Å²) in [4.78, 5) is 13.4. The van der Waals surface area contributed by atoms with Gasteiger partial charge in [0.15, 0.2) is 11.6 Å². The second-order valence-electron chi connectivity index (χ2n) is 3.54. The number of imidazole rings is 1. The maximum absolute atomic E-state index is 13.5. The smallest absolute Gasteiger partial charge is 0.427 e. The summed E-state index contributed by atoms with van der Waals surface area (Å²) in [6.45, 7) is 0. The van der Waals surface area contributed by atoms with Crippen LogP contribution in [0.1, 0.15) is 0 Å². The fourth-order valence-corrected chi connectivity index (χ4v) is 1.77. The Morgan fingerprint density at radius 2 is 2.16 bits per heavy atom. The summed E-state index contributed by atoms with van der Waals surface area (Å²) >= 11 is 2.97. The molecular formula is C10H6BrF2N3O3. The number of hydrogen-bond acceptors (Lipinski definition) is 4. The van der Waals surface area contributed by atoms with Gasteiger partial charge in [0.25, 0.3) is 0 Å². The van der Waals surface area contributed by atoms with E-state index in [-0.39, 0.29) is 10.4 Å². The number of aryl methyl sites for hydroxylation is 1. The van der Waals surface area contributed by atoms with Crippen molar-refractivity contribution in [1.82, 2.24) is 9.55 Å². The monoisotopic (exact) mass is 333 g/mol. The van der Waals surface area contributed by atoms with Gasteiger partial charge < -0.3 is 14.9 Å². The highest BCUT2D eigenvalue weighted by Crippen LogP contribution is 2.33. The number of aromatic nitrogens is 2. The van der Waals surface area contributed by atoms with Crippen molar-refractivity contribution < 1.29 is 18.4 Å². The van der Waals surface area contributed by atoms with E-state index in [1.807, 2.05) is 0 Å². The molecule has 0 aliphatic rings. The maximum Gasteiger partial charge on any atom is 0.427 e. The van der Waals surface area contributed by atoms with E-state index in [1.165, 1.54) is 11.6 Å². The van der Waals surface area contributed by atoms with Crippen molar-refractivity contribution in [2.75, 3.05) is 0 Å². The van der Waals surface area contributed by atoms with Crippen molar-refractivity contribution in [2.45, 2.75) is 0 Å². The van der Waals surface area contributed by atoms with Gasteiger partial charge in [0.05, 0.1) is 0 Å². The lowest BCUT2D eigenvalue weighted by molar-refractivity contribution is -0.390. The molecule has 0 fully saturated rings. The molecule has 0 N–H and O–H groups in total. The van der Waals surface area contributed by atoms with E-state index in [9.17, 15) is 18.9 Å². The van der Waals surface area contributed by atoms with Gasteiger partial charge in [-0.25, -0.2) is 4.39 Å². The van der Waals surface area contributed by atoms with E-state index >= 15 is 0 Å². The summed E-state index contributed by atoms with van der Waals surface area (Å²) in [6, 6.07) is 2.08. The topological polar surface area (TPSA) is 70.2 Å². The van der Waals surface area contributed by atoms with Crippen LogP contribution in [0.5, 0.6) is 11.6 Å². The predicted molar refractivity (Wildman–Crippen MR) is 64.0 cm³/mol. The number of benzene rings is 1. The van der Waals surface area contributed by atoms with Gasteiger partial charge >= 0.3 is 11.7 Å². The number of rotatable bonds is 3. The second kappa shape index (κ2) is 4.92. The average molecular weight is 334 g/mol. The zero-order valence-corrected chi connectivity index (χ0v) is 11.0. The van der Waals surface area contributed by atoms with Gasteiger partial charge in [0.1, 0.15) is 0 Å². The zero-order valence-electron chi connectivity index (χ0n) is 9.43. The first-order valence-electron chi connectivity index (χ1n) is 4.88. The Kier molecular flexibility index (Phi) is 3.47. The van der Waals surface area contributed by atoms with E-state index in [4.69, 9.17) is 4.74 Å². The minimum atomic E-state index is -1.24. The summed E-state index contributed by atoms with van der Waals surface area (Å²) in [6.07, 6.45) is 1.14. The zero-order chi connectivity index (χ0) is 14.2. The largest absolute Gasteiger partial charge is 0.430 e. The van der Waals surface area contributed by atoms with E-state index in [0.717, 1.165) is 18.5 Å². The first-order chi connectivity index (χ1) is 8.90. The van der Waals surface area contributed by atoms with Crippen LogP contribution in [0.4, 0.5) is 14.6 Å². The molecule has 0 bridgehead atoms. The SMILES string of the molecule is Cn1cnc([N+](=O)[O-])c1Oc1cc(Br)cc(F)c1F. The highest BCUT2D eigenvalue weighted by atomic mass is 79.9. The van der Waals surface area contributed by atoms with Gasteiger partial charge in [-0.15, -0.1) is 0 Å². The number of hydrogen-bond donors (Lipinski definition) is 0. The van der Waals surface area contributed by atoms with Crippen LogP contribution in [0.15, 0.2) is 22.9 Å². The van der Waals surface area contributed by atoms with E-state index in [0.29, 0.717) is 0 Å². The molecule has 1 aromatic heterocycles. The Balaban J connectivity index is 2.47. The molecule has 1 heterocycles. The van der Waals surface area contributed by atoms with Crippen molar-refractivity contribution in [2.24, 2.45) is 7.05 Å². The second-order valence-corrected chi connectivity index (χ2v) is 4.46.